The molecule has 0 aliphatic rings. The fourth-order valence-electron chi connectivity index (χ4n) is 3.09. The van der Waals surface area contributed by atoms with Crippen LogP contribution in [0.1, 0.15) is 46.1 Å². The lowest BCUT2D eigenvalue weighted by Crippen LogP contribution is -2.12. The fourth-order valence-corrected chi connectivity index (χ4v) is 3.48. The number of ether oxygens (including phenoxy) is 1. The topological polar surface area (TPSA) is 31.2 Å². The lowest BCUT2D eigenvalue weighted by Gasteiger charge is -2.09. The Morgan fingerprint density at radius 2 is 1.95 bits per heavy atom. The van der Waals surface area contributed by atoms with Crippen LogP contribution in [0.4, 0.5) is 0 Å². The van der Waals surface area contributed by atoms with E-state index in [0.29, 0.717) is 6.61 Å². The van der Waals surface area contributed by atoms with Crippen molar-refractivity contribution in [2.75, 3.05) is 11.0 Å². The van der Waals surface area contributed by atoms with Crippen LogP contribution in [0, 0.1) is 20.8 Å². The van der Waals surface area contributed by atoms with Crippen molar-refractivity contribution in [1.82, 2.24) is 4.57 Å². The molecule has 0 spiro atoms. The quantitative estimate of drug-likeness (QED) is 0.406. The Hall–Kier alpha value is -1.04. The molecule has 120 valence electrons. The maximum Gasteiger partial charge on any atom is 0.355 e. The summed E-state index contributed by atoms with van der Waals surface area (Å²) in [7, 11) is 1.97. The van der Waals surface area contributed by atoms with Crippen LogP contribution < -0.4 is 0 Å². The van der Waals surface area contributed by atoms with Crippen LogP contribution in [-0.2, 0) is 18.2 Å². The lowest BCUT2D eigenvalue weighted by molar-refractivity contribution is 0.0514. The minimum absolute atomic E-state index is 0.209. The summed E-state index contributed by atoms with van der Waals surface area (Å²) >= 11 is 2.39. The third-order valence-corrected chi connectivity index (χ3v) is 5.21. The highest BCUT2D eigenvalue weighted by atomic mass is 127. The number of carbonyl (C=O) groups excluding carboxylic acids is 1. The van der Waals surface area contributed by atoms with Gasteiger partial charge in [-0.2, -0.15) is 0 Å². The van der Waals surface area contributed by atoms with E-state index in [0.717, 1.165) is 34.0 Å². The first-order chi connectivity index (χ1) is 10.4. The van der Waals surface area contributed by atoms with Gasteiger partial charge in [-0.1, -0.05) is 22.6 Å². The summed E-state index contributed by atoms with van der Waals surface area (Å²) < 4.78 is 8.39. The van der Waals surface area contributed by atoms with Crippen molar-refractivity contribution in [1.29, 1.82) is 0 Å². The number of alkyl halides is 1. The Morgan fingerprint density at radius 1 is 1.27 bits per heavy atom. The summed E-state index contributed by atoms with van der Waals surface area (Å²) in [4.78, 5) is 12.5. The van der Waals surface area contributed by atoms with E-state index in [-0.39, 0.29) is 5.97 Å². The number of fused-ring (bicyclic) bond motifs is 1. The lowest BCUT2D eigenvalue weighted by atomic mass is 9.96. The highest BCUT2D eigenvalue weighted by Crippen LogP contribution is 2.33. The van der Waals surface area contributed by atoms with E-state index in [1.165, 1.54) is 22.1 Å². The molecule has 0 saturated heterocycles. The van der Waals surface area contributed by atoms with Gasteiger partial charge in [0.1, 0.15) is 5.69 Å². The van der Waals surface area contributed by atoms with Gasteiger partial charge in [-0.3, -0.25) is 0 Å². The van der Waals surface area contributed by atoms with E-state index < -0.39 is 0 Å². The van der Waals surface area contributed by atoms with Gasteiger partial charge < -0.3 is 9.30 Å². The highest BCUT2D eigenvalue weighted by Gasteiger charge is 2.23. The molecule has 0 aliphatic carbocycles. The molecule has 2 rings (SSSR count). The molecule has 1 aromatic heterocycles. The number of hydrogen-bond acceptors (Lipinski definition) is 2. The average molecular weight is 413 g/mol. The Labute approximate surface area is 146 Å². The second kappa shape index (κ2) is 7.02. The van der Waals surface area contributed by atoms with E-state index in [4.69, 9.17) is 4.74 Å². The maximum absolute atomic E-state index is 12.5. The maximum atomic E-state index is 12.5. The van der Waals surface area contributed by atoms with Crippen molar-refractivity contribution in [2.45, 2.75) is 40.5 Å². The SMILES string of the molecule is CCOC(=O)c1c(CCCI)c2c(C)c(C)c(C)cc2n1C. The molecule has 1 aromatic carbocycles. The van der Waals surface area contributed by atoms with Crippen LogP contribution in [0.5, 0.6) is 0 Å². The van der Waals surface area contributed by atoms with Gasteiger partial charge >= 0.3 is 5.97 Å². The number of aryl methyl sites for hydroxylation is 4. The zero-order chi connectivity index (χ0) is 16.4. The van der Waals surface area contributed by atoms with E-state index in [2.05, 4.69) is 49.4 Å². The number of rotatable bonds is 5. The summed E-state index contributed by atoms with van der Waals surface area (Å²) in [6.07, 6.45) is 1.98. The Kier molecular flexibility index (Phi) is 5.53. The number of esters is 1. The third kappa shape index (κ3) is 2.90. The van der Waals surface area contributed by atoms with Gasteiger partial charge in [0.25, 0.3) is 0 Å². The molecule has 0 fully saturated rings. The molecule has 0 unspecified atom stereocenters. The number of hydrogen-bond donors (Lipinski definition) is 0. The molecule has 0 bridgehead atoms. The summed E-state index contributed by atoms with van der Waals surface area (Å²) in [5, 5.41) is 1.23. The molecule has 0 aliphatic heterocycles. The number of halogens is 1. The standard InChI is InChI=1S/C18H24INO2/c1-6-22-18(21)17-14(8-7-9-19)16-13(4)12(3)11(2)10-15(16)20(17)5/h10H,6-9H2,1-5H3. The molecule has 1 heterocycles. The Bertz CT molecular complexity index is 716. The average Bonchev–Trinajstić information content (AvgIpc) is 2.75. The second-order valence-corrected chi connectivity index (χ2v) is 6.82. The van der Waals surface area contributed by atoms with Gasteiger partial charge in [0.05, 0.1) is 6.61 Å². The van der Waals surface area contributed by atoms with Crippen LogP contribution in [-0.4, -0.2) is 21.6 Å². The molecular weight excluding hydrogens is 389 g/mol. The molecule has 0 N–H and O–H groups in total. The minimum Gasteiger partial charge on any atom is -0.461 e. The highest BCUT2D eigenvalue weighted by molar-refractivity contribution is 14.1. The van der Waals surface area contributed by atoms with E-state index >= 15 is 0 Å². The molecule has 3 nitrogen and oxygen atoms in total. The van der Waals surface area contributed by atoms with Crippen molar-refractivity contribution >= 4 is 39.5 Å². The number of aromatic nitrogens is 1. The fraction of sp³-hybridized carbons (Fsp3) is 0.500. The zero-order valence-electron chi connectivity index (χ0n) is 14.0. The van der Waals surface area contributed by atoms with Gasteiger partial charge in [0.15, 0.2) is 0 Å². The van der Waals surface area contributed by atoms with Crippen LogP contribution in [0.2, 0.25) is 0 Å². The monoisotopic (exact) mass is 413 g/mol. The van der Waals surface area contributed by atoms with Crippen LogP contribution in [0.25, 0.3) is 10.9 Å². The van der Waals surface area contributed by atoms with Gasteiger partial charge in [-0.05, 0) is 73.3 Å². The smallest absolute Gasteiger partial charge is 0.355 e. The molecular formula is C18H24INO2. The normalized spacial score (nSPS) is 11.2. The van der Waals surface area contributed by atoms with E-state index in [1.807, 2.05) is 18.5 Å². The van der Waals surface area contributed by atoms with Crippen LogP contribution in [0.15, 0.2) is 6.07 Å². The molecule has 0 atom stereocenters. The first-order valence-corrected chi connectivity index (χ1v) is 9.27. The van der Waals surface area contributed by atoms with Gasteiger partial charge in [-0.25, -0.2) is 4.79 Å². The molecule has 2 aromatic rings. The van der Waals surface area contributed by atoms with E-state index in [1.54, 1.807) is 0 Å². The summed E-state index contributed by atoms with van der Waals surface area (Å²) in [5.74, 6) is -0.209. The number of carbonyl (C=O) groups is 1. The van der Waals surface area contributed by atoms with Gasteiger partial charge in [-0.15, -0.1) is 0 Å². The number of benzene rings is 1. The molecule has 22 heavy (non-hydrogen) atoms. The van der Waals surface area contributed by atoms with Crippen molar-refractivity contribution < 1.29 is 9.53 Å². The van der Waals surface area contributed by atoms with Crippen LogP contribution >= 0.6 is 22.6 Å². The molecule has 0 saturated carbocycles. The zero-order valence-corrected chi connectivity index (χ0v) is 16.2. The summed E-state index contributed by atoms with van der Waals surface area (Å²) in [5.41, 5.74) is 6.85. The first-order valence-electron chi connectivity index (χ1n) is 7.75. The molecule has 0 amide bonds. The summed E-state index contributed by atoms with van der Waals surface area (Å²) in [6, 6.07) is 2.19. The molecule has 0 radical (unpaired) electrons. The first kappa shape index (κ1) is 17.3. The predicted molar refractivity (Wildman–Crippen MR) is 100 cm³/mol. The van der Waals surface area contributed by atoms with Gasteiger partial charge in [0.2, 0.25) is 0 Å². The largest absolute Gasteiger partial charge is 0.461 e. The summed E-state index contributed by atoms with van der Waals surface area (Å²) in [6.45, 7) is 8.70. The van der Waals surface area contributed by atoms with Gasteiger partial charge in [0, 0.05) is 18.0 Å². The van der Waals surface area contributed by atoms with Crippen molar-refractivity contribution in [3.8, 4) is 0 Å². The predicted octanol–water partition coefficient (Wildman–Crippen LogP) is 4.65. The number of nitrogens with zero attached hydrogens (tertiary/aromatic N) is 1. The third-order valence-electron chi connectivity index (χ3n) is 4.45. The second-order valence-electron chi connectivity index (χ2n) is 5.74. The Morgan fingerprint density at radius 3 is 2.55 bits per heavy atom. The Balaban J connectivity index is 2.79. The van der Waals surface area contributed by atoms with E-state index in [9.17, 15) is 4.79 Å². The minimum atomic E-state index is -0.209. The van der Waals surface area contributed by atoms with Crippen molar-refractivity contribution in [2.24, 2.45) is 7.05 Å². The van der Waals surface area contributed by atoms with Crippen molar-refractivity contribution in [3.05, 3.63) is 34.0 Å². The molecule has 4 heteroatoms. The van der Waals surface area contributed by atoms with Crippen molar-refractivity contribution in [3.63, 3.8) is 0 Å². The van der Waals surface area contributed by atoms with Crippen LogP contribution in [0.3, 0.4) is 0 Å².